The number of aryl methyl sites for hydroxylation is 1. The van der Waals surface area contributed by atoms with Crippen LogP contribution in [0.2, 0.25) is 5.02 Å². The number of carbonyl (C=O) groups is 2. The van der Waals surface area contributed by atoms with Crippen LogP contribution in [0, 0.1) is 6.92 Å². The number of aromatic nitrogens is 1. The molecule has 1 fully saturated rings. The van der Waals surface area contributed by atoms with Crippen LogP contribution in [0.1, 0.15) is 22.5 Å². The highest BCUT2D eigenvalue weighted by atomic mass is 35.5. The third-order valence-corrected chi connectivity index (χ3v) is 4.32. The maximum atomic E-state index is 12.6. The Morgan fingerprint density at radius 1 is 1.36 bits per heavy atom. The fourth-order valence-corrected chi connectivity index (χ4v) is 2.95. The molecule has 1 aliphatic heterocycles. The predicted octanol–water partition coefficient (Wildman–Crippen LogP) is 2.59. The van der Waals surface area contributed by atoms with E-state index in [0.29, 0.717) is 22.9 Å². The smallest absolute Gasteiger partial charge is 0.255 e. The van der Waals surface area contributed by atoms with Gasteiger partial charge in [0.05, 0.1) is 24.9 Å². The summed E-state index contributed by atoms with van der Waals surface area (Å²) in [5, 5.41) is 3.51. The molecule has 1 saturated heterocycles. The van der Waals surface area contributed by atoms with E-state index in [1.165, 1.54) is 13.3 Å². The summed E-state index contributed by atoms with van der Waals surface area (Å²) >= 11 is 5.88. The molecule has 25 heavy (non-hydrogen) atoms. The number of hydrogen-bond acceptors (Lipinski definition) is 4. The zero-order valence-electron chi connectivity index (χ0n) is 14.0. The summed E-state index contributed by atoms with van der Waals surface area (Å²) in [4.78, 5) is 30.6. The van der Waals surface area contributed by atoms with Crippen molar-refractivity contribution in [3.05, 3.63) is 52.8 Å². The molecule has 130 valence electrons. The Bertz CT molecular complexity index is 808. The number of nitrogens with one attached hydrogen (secondary N) is 1. The minimum absolute atomic E-state index is 0.0366. The van der Waals surface area contributed by atoms with E-state index in [-0.39, 0.29) is 24.3 Å². The maximum absolute atomic E-state index is 12.6. The Labute approximate surface area is 150 Å². The van der Waals surface area contributed by atoms with Crippen LogP contribution in [0.4, 0.5) is 5.69 Å². The summed E-state index contributed by atoms with van der Waals surface area (Å²) in [6.45, 7) is 2.22. The van der Waals surface area contributed by atoms with Gasteiger partial charge in [0.2, 0.25) is 5.91 Å². The number of benzene rings is 1. The van der Waals surface area contributed by atoms with Gasteiger partial charge in [0.25, 0.3) is 5.91 Å². The molecular weight excluding hydrogens is 342 g/mol. The van der Waals surface area contributed by atoms with Gasteiger partial charge in [-0.05, 0) is 37.3 Å². The Kier molecular flexibility index (Phi) is 4.90. The van der Waals surface area contributed by atoms with Gasteiger partial charge in [-0.15, -0.1) is 0 Å². The Balaban J connectivity index is 1.72. The highest BCUT2D eigenvalue weighted by molar-refractivity contribution is 6.30. The van der Waals surface area contributed by atoms with Crippen LogP contribution in [0.15, 0.2) is 36.5 Å². The average molecular weight is 360 g/mol. The summed E-state index contributed by atoms with van der Waals surface area (Å²) in [7, 11) is 1.49. The maximum Gasteiger partial charge on any atom is 0.255 e. The third-order valence-electron chi connectivity index (χ3n) is 4.07. The summed E-state index contributed by atoms with van der Waals surface area (Å²) < 4.78 is 5.20. The van der Waals surface area contributed by atoms with Gasteiger partial charge in [-0.1, -0.05) is 11.6 Å². The summed E-state index contributed by atoms with van der Waals surface area (Å²) in [6, 6.07) is 8.46. The van der Waals surface area contributed by atoms with E-state index in [9.17, 15) is 9.59 Å². The van der Waals surface area contributed by atoms with E-state index >= 15 is 0 Å². The Morgan fingerprint density at radius 3 is 2.76 bits per heavy atom. The van der Waals surface area contributed by atoms with Crippen molar-refractivity contribution in [3.8, 4) is 5.75 Å². The third kappa shape index (κ3) is 3.74. The number of halogens is 1. The molecule has 0 aliphatic carbocycles. The van der Waals surface area contributed by atoms with Crippen molar-refractivity contribution in [2.75, 3.05) is 18.6 Å². The second-order valence-corrected chi connectivity index (χ2v) is 6.32. The predicted molar refractivity (Wildman–Crippen MR) is 95.2 cm³/mol. The van der Waals surface area contributed by atoms with Crippen LogP contribution >= 0.6 is 11.6 Å². The van der Waals surface area contributed by atoms with Crippen molar-refractivity contribution >= 4 is 29.1 Å². The van der Waals surface area contributed by atoms with Gasteiger partial charge >= 0.3 is 0 Å². The normalized spacial score (nSPS) is 16.8. The molecule has 1 aromatic heterocycles. The van der Waals surface area contributed by atoms with Crippen molar-refractivity contribution in [2.45, 2.75) is 19.4 Å². The average Bonchev–Trinajstić information content (AvgIpc) is 2.95. The quantitative estimate of drug-likeness (QED) is 0.910. The number of rotatable bonds is 4. The number of hydrogen-bond donors (Lipinski definition) is 1. The highest BCUT2D eigenvalue weighted by Crippen LogP contribution is 2.24. The lowest BCUT2D eigenvalue weighted by Gasteiger charge is -2.17. The molecule has 6 nitrogen and oxygen atoms in total. The van der Waals surface area contributed by atoms with Crippen molar-refractivity contribution in [2.24, 2.45) is 0 Å². The molecule has 2 amide bonds. The van der Waals surface area contributed by atoms with Gasteiger partial charge in [-0.3, -0.25) is 14.6 Å². The van der Waals surface area contributed by atoms with Crippen molar-refractivity contribution < 1.29 is 14.3 Å². The molecule has 1 atom stereocenters. The van der Waals surface area contributed by atoms with Crippen molar-refractivity contribution in [3.63, 3.8) is 0 Å². The topological polar surface area (TPSA) is 71.5 Å². The van der Waals surface area contributed by atoms with Gasteiger partial charge in [0, 0.05) is 29.4 Å². The highest BCUT2D eigenvalue weighted by Gasteiger charge is 2.32. The lowest BCUT2D eigenvalue weighted by molar-refractivity contribution is -0.117. The molecule has 1 N–H and O–H groups in total. The van der Waals surface area contributed by atoms with Gasteiger partial charge < -0.3 is 15.0 Å². The molecule has 1 aromatic carbocycles. The molecule has 7 heteroatoms. The molecule has 2 heterocycles. The summed E-state index contributed by atoms with van der Waals surface area (Å²) in [6.07, 6.45) is 1.77. The van der Waals surface area contributed by atoms with E-state index in [1.807, 2.05) is 0 Å². The minimum Gasteiger partial charge on any atom is -0.494 e. The van der Waals surface area contributed by atoms with Crippen LogP contribution in [-0.2, 0) is 4.79 Å². The van der Waals surface area contributed by atoms with Gasteiger partial charge in [0.15, 0.2) is 0 Å². The molecule has 0 spiro atoms. The van der Waals surface area contributed by atoms with Gasteiger partial charge in [0.1, 0.15) is 5.75 Å². The lowest BCUT2D eigenvalue weighted by atomic mass is 10.1. The van der Waals surface area contributed by atoms with E-state index in [0.717, 1.165) is 11.4 Å². The Morgan fingerprint density at radius 2 is 2.08 bits per heavy atom. The van der Waals surface area contributed by atoms with E-state index in [2.05, 4.69) is 10.3 Å². The second-order valence-electron chi connectivity index (χ2n) is 5.88. The van der Waals surface area contributed by atoms with Crippen molar-refractivity contribution in [1.82, 2.24) is 10.3 Å². The number of methoxy groups -OCH3 is 1. The number of anilines is 1. The van der Waals surface area contributed by atoms with Crippen LogP contribution in [0.5, 0.6) is 5.75 Å². The van der Waals surface area contributed by atoms with E-state index in [4.69, 9.17) is 16.3 Å². The molecule has 1 aliphatic rings. The van der Waals surface area contributed by atoms with Gasteiger partial charge in [-0.2, -0.15) is 0 Å². The monoisotopic (exact) mass is 359 g/mol. The standard InChI is InChI=1S/C18H18ClN3O3/c1-11-7-15(16(25-2)9-20-11)18(24)21-13-8-17(23)22(10-13)14-5-3-12(19)4-6-14/h3-7,9,13H,8,10H2,1-2H3,(H,21,24). The van der Waals surface area contributed by atoms with E-state index < -0.39 is 0 Å². The largest absolute Gasteiger partial charge is 0.494 e. The molecule has 0 bridgehead atoms. The lowest BCUT2D eigenvalue weighted by Crippen LogP contribution is -2.37. The van der Waals surface area contributed by atoms with Crippen molar-refractivity contribution in [1.29, 1.82) is 0 Å². The summed E-state index contributed by atoms with van der Waals surface area (Å²) in [5.74, 6) is 0.0885. The Hall–Kier alpha value is -2.60. The molecular formula is C18H18ClN3O3. The molecule has 3 rings (SSSR count). The number of pyridine rings is 1. The fourth-order valence-electron chi connectivity index (χ4n) is 2.83. The van der Waals surface area contributed by atoms with Gasteiger partial charge in [-0.25, -0.2) is 0 Å². The zero-order chi connectivity index (χ0) is 18.0. The zero-order valence-corrected chi connectivity index (χ0v) is 14.7. The molecule has 0 radical (unpaired) electrons. The minimum atomic E-state index is -0.280. The first kappa shape index (κ1) is 17.2. The number of nitrogens with zero attached hydrogens (tertiary/aromatic N) is 2. The first-order valence-electron chi connectivity index (χ1n) is 7.85. The van der Waals surface area contributed by atoms with Crippen LogP contribution in [0.3, 0.4) is 0 Å². The van der Waals surface area contributed by atoms with Crippen LogP contribution < -0.4 is 15.0 Å². The molecule has 2 aromatic rings. The molecule has 0 saturated carbocycles. The van der Waals surface area contributed by atoms with Crippen LogP contribution in [-0.4, -0.2) is 36.5 Å². The first-order valence-corrected chi connectivity index (χ1v) is 8.23. The SMILES string of the molecule is COc1cnc(C)cc1C(=O)NC1CC(=O)N(c2ccc(Cl)cc2)C1. The second kappa shape index (κ2) is 7.11. The fraction of sp³-hybridized carbons (Fsp3) is 0.278. The number of amides is 2. The van der Waals surface area contributed by atoms with E-state index in [1.54, 1.807) is 42.2 Å². The van der Waals surface area contributed by atoms with Crippen LogP contribution in [0.25, 0.3) is 0 Å². The number of carbonyl (C=O) groups excluding carboxylic acids is 2. The molecule has 1 unspecified atom stereocenters. The first-order chi connectivity index (χ1) is 12.0. The number of ether oxygens (including phenoxy) is 1. The summed E-state index contributed by atoms with van der Waals surface area (Å²) in [5.41, 5.74) is 1.90.